The summed E-state index contributed by atoms with van der Waals surface area (Å²) < 4.78 is 13.2. The van der Waals surface area contributed by atoms with Gasteiger partial charge < -0.3 is 5.11 Å². The zero-order chi connectivity index (χ0) is 7.78. The van der Waals surface area contributed by atoms with E-state index < -0.39 is 11.6 Å². The molecule has 1 aliphatic carbocycles. The summed E-state index contributed by atoms with van der Waals surface area (Å²) in [6.07, 6.45) is 0.915. The Balaban J connectivity index is 2.45. The molecule has 2 nitrogen and oxygen atoms in total. The predicted octanol–water partition coefficient (Wildman–Crippen LogP) is 1.60. The van der Waals surface area contributed by atoms with Crippen molar-refractivity contribution in [3.8, 4) is 0 Å². The molecule has 0 radical (unpaired) electrons. The van der Waals surface area contributed by atoms with Crippen molar-refractivity contribution >= 4 is 5.97 Å². The first kappa shape index (κ1) is 7.51. The van der Waals surface area contributed by atoms with Crippen LogP contribution >= 0.6 is 0 Å². The fourth-order valence-corrected chi connectivity index (χ4v) is 1.26. The Morgan fingerprint density at radius 2 is 2.50 bits per heavy atom. The first-order chi connectivity index (χ1) is 4.54. The number of hydrogen-bond acceptors (Lipinski definition) is 1. The molecule has 0 aromatic heterocycles. The van der Waals surface area contributed by atoms with Crippen molar-refractivity contribution in [1.29, 1.82) is 0 Å². The molecular weight excluding hydrogens is 135 g/mol. The Hall–Kier alpha value is -0.600. The van der Waals surface area contributed by atoms with Crippen LogP contribution in [0.5, 0.6) is 0 Å². The number of carbonyl (C=O) groups is 1. The standard InChI is InChI=1S/C7H11FO2/c1-5-2-3-7(5,8)4-6(9)10/h5H,2-4H2,1H3,(H,9,10)/t5?,7-/m1/s1. The fraction of sp³-hybridized carbons (Fsp3) is 0.857. The molecule has 1 rings (SSSR count). The van der Waals surface area contributed by atoms with Crippen LogP contribution in [0.15, 0.2) is 0 Å². The smallest absolute Gasteiger partial charge is 0.306 e. The molecule has 0 spiro atoms. The van der Waals surface area contributed by atoms with Crippen molar-refractivity contribution < 1.29 is 14.3 Å². The number of rotatable bonds is 2. The average Bonchev–Trinajstić information content (AvgIpc) is 1.84. The zero-order valence-electron chi connectivity index (χ0n) is 5.93. The van der Waals surface area contributed by atoms with Crippen LogP contribution in [0.1, 0.15) is 26.2 Å². The summed E-state index contributed by atoms with van der Waals surface area (Å²) in [5.74, 6) is -1.10. The molecule has 1 N–H and O–H groups in total. The minimum atomic E-state index is -1.40. The molecular formula is C7H11FO2. The van der Waals surface area contributed by atoms with E-state index in [2.05, 4.69) is 0 Å². The van der Waals surface area contributed by atoms with Gasteiger partial charge in [-0.3, -0.25) is 4.79 Å². The molecule has 1 saturated carbocycles. The summed E-state index contributed by atoms with van der Waals surface area (Å²) in [7, 11) is 0. The number of aliphatic carboxylic acids is 1. The summed E-state index contributed by atoms with van der Waals surface area (Å²) in [6.45, 7) is 1.76. The molecule has 0 amide bonds. The van der Waals surface area contributed by atoms with E-state index in [-0.39, 0.29) is 12.3 Å². The molecule has 1 unspecified atom stereocenters. The van der Waals surface area contributed by atoms with E-state index in [9.17, 15) is 9.18 Å². The summed E-state index contributed by atoms with van der Waals surface area (Å²) in [5.41, 5.74) is -1.40. The monoisotopic (exact) mass is 146 g/mol. The lowest BCUT2D eigenvalue weighted by molar-refractivity contribution is -0.144. The van der Waals surface area contributed by atoms with Gasteiger partial charge in [0.05, 0.1) is 6.42 Å². The van der Waals surface area contributed by atoms with E-state index >= 15 is 0 Å². The largest absolute Gasteiger partial charge is 0.481 e. The molecule has 0 aliphatic heterocycles. The van der Waals surface area contributed by atoms with E-state index in [1.807, 2.05) is 0 Å². The summed E-state index contributed by atoms with van der Waals surface area (Å²) in [5, 5.41) is 8.29. The van der Waals surface area contributed by atoms with Gasteiger partial charge in [0.25, 0.3) is 0 Å². The van der Waals surface area contributed by atoms with Gasteiger partial charge in [-0.2, -0.15) is 0 Å². The van der Waals surface area contributed by atoms with Crippen LogP contribution in [0.2, 0.25) is 0 Å². The fourth-order valence-electron chi connectivity index (χ4n) is 1.26. The van der Waals surface area contributed by atoms with E-state index in [1.54, 1.807) is 6.92 Å². The lowest BCUT2D eigenvalue weighted by Gasteiger charge is -2.39. The van der Waals surface area contributed by atoms with Gasteiger partial charge >= 0.3 is 5.97 Å². The van der Waals surface area contributed by atoms with Gasteiger partial charge in [0.2, 0.25) is 0 Å². The van der Waals surface area contributed by atoms with Gasteiger partial charge in [0.15, 0.2) is 0 Å². The quantitative estimate of drug-likeness (QED) is 0.642. The second-order valence-corrected chi connectivity index (χ2v) is 3.04. The maximum Gasteiger partial charge on any atom is 0.306 e. The van der Waals surface area contributed by atoms with Gasteiger partial charge in [-0.1, -0.05) is 6.92 Å². The minimum absolute atomic E-state index is 0.0661. The van der Waals surface area contributed by atoms with Gasteiger partial charge in [-0.15, -0.1) is 0 Å². The molecule has 10 heavy (non-hydrogen) atoms. The van der Waals surface area contributed by atoms with Crippen molar-refractivity contribution in [2.45, 2.75) is 31.9 Å². The first-order valence-corrected chi connectivity index (χ1v) is 3.45. The van der Waals surface area contributed by atoms with Crippen LogP contribution in [0.25, 0.3) is 0 Å². The molecule has 58 valence electrons. The molecule has 1 fully saturated rings. The van der Waals surface area contributed by atoms with E-state index in [0.717, 1.165) is 6.42 Å². The highest BCUT2D eigenvalue weighted by Crippen LogP contribution is 2.44. The van der Waals surface area contributed by atoms with Gasteiger partial charge in [0, 0.05) is 0 Å². The van der Waals surface area contributed by atoms with Crippen LogP contribution in [0, 0.1) is 5.92 Å². The first-order valence-electron chi connectivity index (χ1n) is 3.45. The zero-order valence-corrected chi connectivity index (χ0v) is 5.93. The number of alkyl halides is 1. The maximum atomic E-state index is 13.2. The molecule has 0 aromatic carbocycles. The Morgan fingerprint density at radius 3 is 2.60 bits per heavy atom. The van der Waals surface area contributed by atoms with Crippen molar-refractivity contribution in [2.75, 3.05) is 0 Å². The van der Waals surface area contributed by atoms with Crippen LogP contribution in [-0.2, 0) is 4.79 Å². The second-order valence-electron chi connectivity index (χ2n) is 3.04. The molecule has 2 atom stereocenters. The number of halogens is 1. The summed E-state index contributed by atoms with van der Waals surface area (Å²) in [6, 6.07) is 0. The maximum absolute atomic E-state index is 13.2. The third-order valence-corrected chi connectivity index (χ3v) is 2.32. The topological polar surface area (TPSA) is 37.3 Å². The molecule has 0 aromatic rings. The normalized spacial score (nSPS) is 38.8. The lowest BCUT2D eigenvalue weighted by Crippen LogP contribution is -2.42. The minimum Gasteiger partial charge on any atom is -0.481 e. The lowest BCUT2D eigenvalue weighted by atomic mass is 9.70. The number of carboxylic acids is 1. The van der Waals surface area contributed by atoms with Gasteiger partial charge in [-0.05, 0) is 18.8 Å². The second kappa shape index (κ2) is 2.22. The van der Waals surface area contributed by atoms with E-state index in [0.29, 0.717) is 6.42 Å². The van der Waals surface area contributed by atoms with Crippen molar-refractivity contribution in [1.82, 2.24) is 0 Å². The third-order valence-electron chi connectivity index (χ3n) is 2.32. The Bertz CT molecular complexity index is 158. The van der Waals surface area contributed by atoms with Crippen LogP contribution in [0.3, 0.4) is 0 Å². The van der Waals surface area contributed by atoms with Crippen LogP contribution < -0.4 is 0 Å². The predicted molar refractivity (Wildman–Crippen MR) is 34.5 cm³/mol. The summed E-state index contributed by atoms with van der Waals surface area (Å²) >= 11 is 0. The highest BCUT2D eigenvalue weighted by Gasteiger charge is 2.45. The highest BCUT2D eigenvalue weighted by atomic mass is 19.1. The van der Waals surface area contributed by atoms with Gasteiger partial charge in [0.1, 0.15) is 5.67 Å². The highest BCUT2D eigenvalue weighted by molar-refractivity contribution is 5.68. The van der Waals surface area contributed by atoms with E-state index in [4.69, 9.17) is 5.11 Å². The third kappa shape index (κ3) is 1.13. The molecule has 1 aliphatic rings. The number of carboxylic acid groups (broad SMARTS) is 1. The van der Waals surface area contributed by atoms with Crippen molar-refractivity contribution in [2.24, 2.45) is 5.92 Å². The molecule has 3 heteroatoms. The van der Waals surface area contributed by atoms with Crippen LogP contribution in [0.4, 0.5) is 4.39 Å². The Labute approximate surface area is 59.0 Å². The van der Waals surface area contributed by atoms with Crippen molar-refractivity contribution in [3.63, 3.8) is 0 Å². The molecule has 0 heterocycles. The SMILES string of the molecule is CC1CC[C@@]1(F)CC(=O)O. The summed E-state index contributed by atoms with van der Waals surface area (Å²) in [4.78, 5) is 10.1. The Kier molecular flexibility index (Phi) is 1.67. The molecule has 0 bridgehead atoms. The Morgan fingerprint density at radius 1 is 1.90 bits per heavy atom. The average molecular weight is 146 g/mol. The van der Waals surface area contributed by atoms with Crippen molar-refractivity contribution in [3.05, 3.63) is 0 Å². The number of hydrogen-bond donors (Lipinski definition) is 1. The van der Waals surface area contributed by atoms with E-state index in [1.165, 1.54) is 0 Å². The van der Waals surface area contributed by atoms with Gasteiger partial charge in [-0.25, -0.2) is 4.39 Å². The molecule has 0 saturated heterocycles. The van der Waals surface area contributed by atoms with Crippen LogP contribution in [-0.4, -0.2) is 16.7 Å².